The molecule has 0 radical (unpaired) electrons. The van der Waals surface area contributed by atoms with Crippen LogP contribution in [-0.2, 0) is 14.3 Å². The summed E-state index contributed by atoms with van der Waals surface area (Å²) >= 11 is 6.18. The van der Waals surface area contributed by atoms with Gasteiger partial charge in [-0.3, -0.25) is 4.79 Å². The SMILES string of the molecule is COCCCOc1cc(OC[C@H](CC(=O)OC(C)(C)C)C(C)C)ccc1Cl. The van der Waals surface area contributed by atoms with Gasteiger partial charge in [0.1, 0.15) is 17.1 Å². The van der Waals surface area contributed by atoms with Crippen LogP contribution in [0.25, 0.3) is 0 Å². The molecule has 1 aromatic rings. The van der Waals surface area contributed by atoms with Gasteiger partial charge in [0.25, 0.3) is 0 Å². The molecule has 0 aliphatic rings. The van der Waals surface area contributed by atoms with Crippen molar-refractivity contribution in [3.8, 4) is 11.5 Å². The Bertz CT molecular complexity index is 580. The topological polar surface area (TPSA) is 54.0 Å². The molecule has 6 heteroatoms. The predicted octanol–water partition coefficient (Wildman–Crippen LogP) is 5.14. The fraction of sp³-hybridized carbons (Fsp3) is 0.667. The first-order chi connectivity index (χ1) is 12.6. The second-order valence-electron chi connectivity index (χ2n) is 7.89. The van der Waals surface area contributed by atoms with E-state index in [4.69, 9.17) is 30.5 Å². The summed E-state index contributed by atoms with van der Waals surface area (Å²) in [6, 6.07) is 5.33. The van der Waals surface area contributed by atoms with E-state index >= 15 is 0 Å². The third-order valence-corrected chi connectivity index (χ3v) is 4.22. The number of esters is 1. The van der Waals surface area contributed by atoms with Crippen molar-refractivity contribution in [2.24, 2.45) is 11.8 Å². The van der Waals surface area contributed by atoms with E-state index in [0.29, 0.717) is 42.8 Å². The maximum Gasteiger partial charge on any atom is 0.306 e. The summed E-state index contributed by atoms with van der Waals surface area (Å²) < 4.78 is 22.0. The van der Waals surface area contributed by atoms with Gasteiger partial charge in [-0.15, -0.1) is 0 Å². The first-order valence-electron chi connectivity index (χ1n) is 9.38. The van der Waals surface area contributed by atoms with Crippen LogP contribution in [0.4, 0.5) is 0 Å². The van der Waals surface area contributed by atoms with E-state index < -0.39 is 5.60 Å². The lowest BCUT2D eigenvalue weighted by atomic mass is 9.93. The lowest BCUT2D eigenvalue weighted by molar-refractivity contribution is -0.156. The standard InChI is InChI=1S/C21H33ClO5/c1-15(2)16(12-20(23)27-21(3,4)5)14-26-17-8-9-18(22)19(13-17)25-11-7-10-24-6/h8-9,13,15-16H,7,10-12,14H2,1-6H3/t16-/m0/s1. The number of ether oxygens (including phenoxy) is 4. The van der Waals surface area contributed by atoms with E-state index in [2.05, 4.69) is 13.8 Å². The molecule has 0 aromatic heterocycles. The molecule has 1 atom stereocenters. The van der Waals surface area contributed by atoms with E-state index in [9.17, 15) is 4.79 Å². The lowest BCUT2D eigenvalue weighted by Crippen LogP contribution is -2.28. The Morgan fingerprint density at radius 3 is 2.44 bits per heavy atom. The molecule has 0 unspecified atom stereocenters. The minimum atomic E-state index is -0.481. The Balaban J connectivity index is 2.63. The second kappa shape index (κ2) is 11.4. The van der Waals surface area contributed by atoms with Crippen LogP contribution in [0.15, 0.2) is 18.2 Å². The Morgan fingerprint density at radius 2 is 1.85 bits per heavy atom. The first kappa shape index (κ1) is 23.6. The summed E-state index contributed by atoms with van der Waals surface area (Å²) in [4.78, 5) is 12.1. The number of hydrogen-bond donors (Lipinski definition) is 0. The molecule has 0 aliphatic heterocycles. The van der Waals surface area contributed by atoms with Gasteiger partial charge < -0.3 is 18.9 Å². The van der Waals surface area contributed by atoms with E-state index in [1.54, 1.807) is 25.3 Å². The highest BCUT2D eigenvalue weighted by Gasteiger charge is 2.23. The minimum Gasteiger partial charge on any atom is -0.493 e. The molecule has 1 rings (SSSR count). The Hall–Kier alpha value is -1.46. The third kappa shape index (κ3) is 9.87. The maximum atomic E-state index is 12.1. The van der Waals surface area contributed by atoms with Gasteiger partial charge in [0.2, 0.25) is 0 Å². The zero-order chi connectivity index (χ0) is 20.4. The third-order valence-electron chi connectivity index (χ3n) is 3.91. The summed E-state index contributed by atoms with van der Waals surface area (Å²) in [5, 5.41) is 0.536. The highest BCUT2D eigenvalue weighted by atomic mass is 35.5. The molecule has 0 aliphatic carbocycles. The van der Waals surface area contributed by atoms with Gasteiger partial charge in [-0.25, -0.2) is 0 Å². The van der Waals surface area contributed by atoms with Gasteiger partial charge in [0, 0.05) is 32.1 Å². The zero-order valence-electron chi connectivity index (χ0n) is 17.3. The Morgan fingerprint density at radius 1 is 1.15 bits per heavy atom. The summed E-state index contributed by atoms with van der Waals surface area (Å²) in [5.41, 5.74) is -0.481. The summed E-state index contributed by atoms with van der Waals surface area (Å²) in [7, 11) is 1.66. The van der Waals surface area contributed by atoms with Crippen LogP contribution < -0.4 is 9.47 Å². The molecule has 0 N–H and O–H groups in total. The number of rotatable bonds is 11. The minimum absolute atomic E-state index is 0.0570. The number of carbonyl (C=O) groups excluding carboxylic acids is 1. The van der Waals surface area contributed by atoms with Crippen molar-refractivity contribution in [1.82, 2.24) is 0 Å². The Kier molecular flexibility index (Phi) is 9.95. The van der Waals surface area contributed by atoms with Crippen molar-refractivity contribution in [3.05, 3.63) is 23.2 Å². The van der Waals surface area contributed by atoms with Crippen LogP contribution in [0.2, 0.25) is 5.02 Å². The second-order valence-corrected chi connectivity index (χ2v) is 8.30. The molecular formula is C21H33ClO5. The summed E-state index contributed by atoms with van der Waals surface area (Å²) in [6.45, 7) is 11.3. The molecule has 0 heterocycles. The number of benzene rings is 1. The molecule has 0 amide bonds. The number of methoxy groups -OCH3 is 1. The van der Waals surface area contributed by atoms with Crippen LogP contribution >= 0.6 is 11.6 Å². The van der Waals surface area contributed by atoms with Crippen molar-refractivity contribution >= 4 is 17.6 Å². The van der Waals surface area contributed by atoms with Gasteiger partial charge in [-0.05, 0) is 38.8 Å². The van der Waals surface area contributed by atoms with Gasteiger partial charge >= 0.3 is 5.97 Å². The molecule has 0 spiro atoms. The monoisotopic (exact) mass is 400 g/mol. The van der Waals surface area contributed by atoms with E-state index in [0.717, 1.165) is 6.42 Å². The summed E-state index contributed by atoms with van der Waals surface area (Å²) in [5.74, 6) is 1.38. The van der Waals surface area contributed by atoms with Crippen molar-refractivity contribution in [1.29, 1.82) is 0 Å². The first-order valence-corrected chi connectivity index (χ1v) is 9.76. The van der Waals surface area contributed by atoms with E-state index in [1.807, 2.05) is 20.8 Å². The maximum absolute atomic E-state index is 12.1. The summed E-state index contributed by atoms with van der Waals surface area (Å²) in [6.07, 6.45) is 1.10. The molecule has 0 saturated heterocycles. The predicted molar refractivity (Wildman–Crippen MR) is 108 cm³/mol. The fourth-order valence-electron chi connectivity index (χ4n) is 2.36. The average molecular weight is 401 g/mol. The molecule has 0 bridgehead atoms. The molecule has 1 aromatic carbocycles. The van der Waals surface area contributed by atoms with E-state index in [-0.39, 0.29) is 17.8 Å². The Labute approximate surface area is 168 Å². The van der Waals surface area contributed by atoms with Crippen molar-refractivity contribution in [2.45, 2.75) is 53.1 Å². The molecule has 5 nitrogen and oxygen atoms in total. The molecule has 0 fully saturated rings. The zero-order valence-corrected chi connectivity index (χ0v) is 18.1. The van der Waals surface area contributed by atoms with Crippen molar-refractivity contribution in [2.75, 3.05) is 26.9 Å². The fourth-order valence-corrected chi connectivity index (χ4v) is 2.53. The van der Waals surface area contributed by atoms with Crippen molar-refractivity contribution < 1.29 is 23.7 Å². The molecule has 27 heavy (non-hydrogen) atoms. The van der Waals surface area contributed by atoms with Crippen LogP contribution in [0.3, 0.4) is 0 Å². The van der Waals surface area contributed by atoms with Crippen LogP contribution in [-0.4, -0.2) is 38.5 Å². The van der Waals surface area contributed by atoms with Gasteiger partial charge in [0.05, 0.1) is 24.7 Å². The molecular weight excluding hydrogens is 368 g/mol. The average Bonchev–Trinajstić information content (AvgIpc) is 2.55. The van der Waals surface area contributed by atoms with Crippen LogP contribution in [0, 0.1) is 11.8 Å². The molecule has 0 saturated carbocycles. The lowest BCUT2D eigenvalue weighted by Gasteiger charge is -2.24. The van der Waals surface area contributed by atoms with Crippen molar-refractivity contribution in [3.63, 3.8) is 0 Å². The van der Waals surface area contributed by atoms with Gasteiger partial charge in [-0.2, -0.15) is 0 Å². The largest absolute Gasteiger partial charge is 0.493 e. The normalized spacial score (nSPS) is 12.7. The highest BCUT2D eigenvalue weighted by molar-refractivity contribution is 6.32. The number of hydrogen-bond acceptors (Lipinski definition) is 5. The van der Waals surface area contributed by atoms with E-state index in [1.165, 1.54) is 0 Å². The quantitative estimate of drug-likeness (QED) is 0.380. The van der Waals surface area contributed by atoms with Crippen LogP contribution in [0.1, 0.15) is 47.5 Å². The highest BCUT2D eigenvalue weighted by Crippen LogP contribution is 2.30. The van der Waals surface area contributed by atoms with Gasteiger partial charge in [-0.1, -0.05) is 25.4 Å². The van der Waals surface area contributed by atoms with Gasteiger partial charge in [0.15, 0.2) is 0 Å². The smallest absolute Gasteiger partial charge is 0.306 e. The number of halogens is 1. The van der Waals surface area contributed by atoms with Crippen LogP contribution in [0.5, 0.6) is 11.5 Å². The molecule has 154 valence electrons. The number of carbonyl (C=O) groups is 1.